The molecule has 0 saturated carbocycles. The van der Waals surface area contributed by atoms with Gasteiger partial charge >= 0.3 is 11.9 Å². The van der Waals surface area contributed by atoms with E-state index in [0.717, 1.165) is 29.2 Å². The Balaban J connectivity index is 1.40. The molecule has 0 bridgehead atoms. The van der Waals surface area contributed by atoms with Crippen LogP contribution in [-0.4, -0.2) is 26.2 Å². The highest BCUT2D eigenvalue weighted by molar-refractivity contribution is 6.16. The van der Waals surface area contributed by atoms with Crippen LogP contribution in [0.3, 0.4) is 0 Å². The van der Waals surface area contributed by atoms with Crippen molar-refractivity contribution in [1.82, 2.24) is 0 Å². The van der Waals surface area contributed by atoms with E-state index in [1.54, 1.807) is 18.2 Å². The number of carbonyl (C=O) groups is 2. The summed E-state index contributed by atoms with van der Waals surface area (Å²) in [5.74, 6) is -0.949. The van der Waals surface area contributed by atoms with Gasteiger partial charge in [-0.15, -0.1) is 0 Å². The number of esters is 2. The molecule has 0 aliphatic carbocycles. The van der Waals surface area contributed by atoms with Gasteiger partial charge in [-0.05, 0) is 36.6 Å². The molecule has 0 aliphatic rings. The van der Waals surface area contributed by atoms with Crippen LogP contribution in [0.4, 0.5) is 0 Å². The maximum Gasteiger partial charge on any atom is 0.341 e. The third kappa shape index (κ3) is 10.1. The highest BCUT2D eigenvalue weighted by Crippen LogP contribution is 2.35. The maximum atomic E-state index is 12.6. The van der Waals surface area contributed by atoms with E-state index in [1.807, 2.05) is 12.1 Å². The van der Waals surface area contributed by atoms with Gasteiger partial charge in [-0.2, -0.15) is 0 Å². The van der Waals surface area contributed by atoms with Crippen LogP contribution in [0.15, 0.2) is 40.8 Å². The second kappa shape index (κ2) is 18.4. The molecule has 0 unspecified atom stereocenters. The van der Waals surface area contributed by atoms with Crippen molar-refractivity contribution in [1.29, 1.82) is 0 Å². The van der Waals surface area contributed by atoms with Gasteiger partial charge in [-0.3, -0.25) is 0 Å². The van der Waals surface area contributed by atoms with E-state index in [9.17, 15) is 9.59 Å². The van der Waals surface area contributed by atoms with Gasteiger partial charge < -0.3 is 13.9 Å². The molecule has 0 N–H and O–H groups in total. The Morgan fingerprint density at radius 3 is 1.73 bits per heavy atom. The first-order valence-electron chi connectivity index (χ1n) is 15.9. The standard InChI is InChI=1S/C36H50O5/c1-4-5-6-7-8-9-10-11-12-13-14-15-16-17-18-19-20-21-23-28-26-31-29-24-22-25-30(35(37)39-2)33(29)41-34(31)32(27-28)36(38)40-3/h21-27H,4-20H2,1-3H3. The molecular weight excluding hydrogens is 512 g/mol. The van der Waals surface area contributed by atoms with Crippen LogP contribution in [0.1, 0.15) is 142 Å². The van der Waals surface area contributed by atoms with Gasteiger partial charge in [0.2, 0.25) is 0 Å². The summed E-state index contributed by atoms with van der Waals surface area (Å²) in [5, 5.41) is 1.54. The molecule has 0 amide bonds. The van der Waals surface area contributed by atoms with Crippen LogP contribution in [0.5, 0.6) is 0 Å². The van der Waals surface area contributed by atoms with Gasteiger partial charge in [0.05, 0.1) is 14.2 Å². The number of allylic oxidation sites excluding steroid dienone is 1. The van der Waals surface area contributed by atoms with E-state index in [2.05, 4.69) is 19.1 Å². The first-order valence-corrected chi connectivity index (χ1v) is 15.9. The molecule has 0 atom stereocenters. The normalized spacial score (nSPS) is 11.6. The Hall–Kier alpha value is -3.08. The predicted octanol–water partition coefficient (Wildman–Crippen LogP) is 10.8. The summed E-state index contributed by atoms with van der Waals surface area (Å²) in [6, 6.07) is 9.13. The zero-order chi connectivity index (χ0) is 29.3. The molecule has 0 aliphatic heterocycles. The number of hydrogen-bond donors (Lipinski definition) is 0. The molecule has 1 heterocycles. The van der Waals surface area contributed by atoms with Crippen LogP contribution in [-0.2, 0) is 9.47 Å². The number of unbranched alkanes of at least 4 members (excludes halogenated alkanes) is 16. The Morgan fingerprint density at radius 1 is 0.659 bits per heavy atom. The van der Waals surface area contributed by atoms with Gasteiger partial charge in [0, 0.05) is 10.8 Å². The van der Waals surface area contributed by atoms with Crippen LogP contribution < -0.4 is 0 Å². The molecule has 1 aromatic heterocycles. The Bertz CT molecular complexity index is 1250. The van der Waals surface area contributed by atoms with Gasteiger partial charge in [0.15, 0.2) is 0 Å². The monoisotopic (exact) mass is 562 g/mol. The first-order chi connectivity index (χ1) is 20.1. The topological polar surface area (TPSA) is 65.7 Å². The molecular formula is C36H50O5. The number of benzene rings is 2. The number of furan rings is 1. The van der Waals surface area contributed by atoms with Crippen molar-refractivity contribution in [2.75, 3.05) is 14.2 Å². The predicted molar refractivity (Wildman–Crippen MR) is 170 cm³/mol. The molecule has 3 rings (SSSR count). The summed E-state index contributed by atoms with van der Waals surface area (Å²) >= 11 is 0. The summed E-state index contributed by atoms with van der Waals surface area (Å²) < 4.78 is 16.0. The first kappa shape index (κ1) is 32.4. The van der Waals surface area contributed by atoms with Gasteiger partial charge in [0.1, 0.15) is 22.3 Å². The minimum atomic E-state index is -0.479. The second-order valence-electron chi connectivity index (χ2n) is 11.2. The SMILES string of the molecule is CCCCCCCCCCCCCCCCCCC=Cc1cc(C(=O)OC)c2oc3c(C(=O)OC)cccc3c2c1. The zero-order valence-corrected chi connectivity index (χ0v) is 25.6. The van der Waals surface area contributed by atoms with Crippen molar-refractivity contribution in [3.63, 3.8) is 0 Å². The van der Waals surface area contributed by atoms with Crippen LogP contribution >= 0.6 is 0 Å². The molecule has 0 radical (unpaired) electrons. The van der Waals surface area contributed by atoms with Crippen molar-refractivity contribution in [3.8, 4) is 0 Å². The van der Waals surface area contributed by atoms with Crippen molar-refractivity contribution >= 4 is 40.0 Å². The van der Waals surface area contributed by atoms with E-state index in [0.29, 0.717) is 22.3 Å². The lowest BCUT2D eigenvalue weighted by Crippen LogP contribution is -2.02. The number of ether oxygens (including phenoxy) is 2. The van der Waals surface area contributed by atoms with E-state index < -0.39 is 11.9 Å². The number of fused-ring (bicyclic) bond motifs is 3. The summed E-state index contributed by atoms with van der Waals surface area (Å²) in [4.78, 5) is 24.8. The molecule has 3 aromatic rings. The number of methoxy groups -OCH3 is 2. The molecule has 2 aromatic carbocycles. The van der Waals surface area contributed by atoms with Crippen molar-refractivity contribution in [2.45, 2.75) is 116 Å². The zero-order valence-electron chi connectivity index (χ0n) is 25.6. The Labute approximate surface area is 246 Å². The molecule has 0 spiro atoms. The average molecular weight is 563 g/mol. The number of para-hydroxylation sites is 1. The molecule has 0 saturated heterocycles. The molecule has 5 heteroatoms. The summed E-state index contributed by atoms with van der Waals surface area (Å²) in [7, 11) is 2.70. The molecule has 41 heavy (non-hydrogen) atoms. The number of hydrogen-bond acceptors (Lipinski definition) is 5. The molecule has 5 nitrogen and oxygen atoms in total. The van der Waals surface area contributed by atoms with Crippen LogP contribution in [0, 0.1) is 0 Å². The second-order valence-corrected chi connectivity index (χ2v) is 11.2. The fourth-order valence-corrected chi connectivity index (χ4v) is 5.58. The maximum absolute atomic E-state index is 12.6. The van der Waals surface area contributed by atoms with E-state index >= 15 is 0 Å². The number of carbonyl (C=O) groups excluding carboxylic acids is 2. The minimum absolute atomic E-state index is 0.331. The Kier molecular flexibility index (Phi) is 14.5. The van der Waals surface area contributed by atoms with E-state index in [1.165, 1.54) is 111 Å². The van der Waals surface area contributed by atoms with Gasteiger partial charge in [0.25, 0.3) is 0 Å². The Morgan fingerprint density at radius 2 is 1.17 bits per heavy atom. The third-order valence-electron chi connectivity index (χ3n) is 7.97. The lowest BCUT2D eigenvalue weighted by Gasteiger charge is -2.04. The largest absolute Gasteiger partial charge is 0.465 e. The van der Waals surface area contributed by atoms with E-state index in [4.69, 9.17) is 13.9 Å². The minimum Gasteiger partial charge on any atom is -0.465 e. The lowest BCUT2D eigenvalue weighted by molar-refractivity contribution is 0.0594. The molecule has 224 valence electrons. The van der Waals surface area contributed by atoms with Crippen molar-refractivity contribution in [3.05, 3.63) is 53.1 Å². The fraction of sp³-hybridized carbons (Fsp3) is 0.556. The molecule has 0 fully saturated rings. The van der Waals surface area contributed by atoms with Crippen LogP contribution in [0.25, 0.3) is 28.0 Å². The highest BCUT2D eigenvalue weighted by Gasteiger charge is 2.21. The summed E-state index contributed by atoms with van der Waals surface area (Å²) in [5.41, 5.74) is 2.41. The number of rotatable bonds is 20. The summed E-state index contributed by atoms with van der Waals surface area (Å²) in [6.07, 6.45) is 27.1. The highest BCUT2D eigenvalue weighted by atomic mass is 16.5. The van der Waals surface area contributed by atoms with Crippen molar-refractivity contribution in [2.24, 2.45) is 0 Å². The van der Waals surface area contributed by atoms with Gasteiger partial charge in [-0.1, -0.05) is 128 Å². The quantitative estimate of drug-likeness (QED) is 0.101. The smallest absolute Gasteiger partial charge is 0.341 e. The fourth-order valence-electron chi connectivity index (χ4n) is 5.58. The van der Waals surface area contributed by atoms with Gasteiger partial charge in [-0.25, -0.2) is 9.59 Å². The van der Waals surface area contributed by atoms with Crippen LogP contribution in [0.2, 0.25) is 0 Å². The lowest BCUT2D eigenvalue weighted by atomic mass is 10.0. The average Bonchev–Trinajstić information content (AvgIpc) is 3.38. The summed E-state index contributed by atoms with van der Waals surface area (Å²) in [6.45, 7) is 2.28. The van der Waals surface area contributed by atoms with E-state index in [-0.39, 0.29) is 0 Å². The third-order valence-corrected chi connectivity index (χ3v) is 7.97. The van der Waals surface area contributed by atoms with Crippen molar-refractivity contribution < 1.29 is 23.5 Å².